The third-order valence-electron chi connectivity index (χ3n) is 7.07. The number of furan rings is 1. The van der Waals surface area contributed by atoms with Gasteiger partial charge in [0.2, 0.25) is 10.0 Å². The van der Waals surface area contributed by atoms with Gasteiger partial charge in [-0.15, -0.1) is 0 Å². The fourth-order valence-corrected chi connectivity index (χ4v) is 6.55. The highest BCUT2D eigenvalue weighted by molar-refractivity contribution is 7.89. The smallest absolute Gasteiger partial charge is 0.340 e. The molecule has 0 unspecified atom stereocenters. The average Bonchev–Trinajstić information content (AvgIpc) is 3.54. The van der Waals surface area contributed by atoms with E-state index in [4.69, 9.17) is 32.4 Å². The van der Waals surface area contributed by atoms with Crippen molar-refractivity contribution in [1.82, 2.24) is 4.31 Å². The zero-order valence-corrected chi connectivity index (χ0v) is 26.4. The number of amides is 1. The molecule has 5 rings (SSSR count). The number of sulfonamides is 1. The zero-order valence-electron chi connectivity index (χ0n) is 24.1. The van der Waals surface area contributed by atoms with Crippen LogP contribution in [-0.4, -0.2) is 31.7 Å². The van der Waals surface area contributed by atoms with Gasteiger partial charge in [-0.05, 0) is 91.7 Å². The topological polar surface area (TPSA) is 97.1 Å². The molecule has 1 amide bonds. The van der Waals surface area contributed by atoms with Crippen molar-refractivity contribution in [1.29, 1.82) is 0 Å². The number of ether oxygens (including phenoxy) is 1. The van der Waals surface area contributed by atoms with E-state index in [2.05, 4.69) is 0 Å². The Morgan fingerprint density at radius 2 is 1.59 bits per heavy atom. The molecule has 0 N–H and O–H groups in total. The molecule has 44 heavy (non-hydrogen) atoms. The minimum absolute atomic E-state index is 0.0393. The minimum Gasteiger partial charge on any atom is -0.465 e. The quantitative estimate of drug-likeness (QED) is 0.141. The number of rotatable bonds is 9. The van der Waals surface area contributed by atoms with Crippen LogP contribution in [0.3, 0.4) is 0 Å². The van der Waals surface area contributed by atoms with E-state index in [1.807, 2.05) is 25.1 Å². The van der Waals surface area contributed by atoms with Crippen LogP contribution in [0, 0.1) is 6.92 Å². The van der Waals surface area contributed by atoms with E-state index >= 15 is 0 Å². The molecule has 3 aromatic carbocycles. The second-order valence-electron chi connectivity index (χ2n) is 10.1. The Morgan fingerprint density at radius 3 is 2.23 bits per heavy atom. The first kappa shape index (κ1) is 31.3. The fourth-order valence-electron chi connectivity index (χ4n) is 4.91. The summed E-state index contributed by atoms with van der Waals surface area (Å²) in [6.45, 7) is 3.52. The monoisotopic (exact) mass is 650 g/mol. The fraction of sp³-hybridized carbons (Fsp3) is 0.152. The van der Waals surface area contributed by atoms with Crippen LogP contribution in [0.4, 0.5) is 5.69 Å². The average molecular weight is 652 g/mol. The van der Waals surface area contributed by atoms with Crippen molar-refractivity contribution < 1.29 is 27.2 Å². The van der Waals surface area contributed by atoms with E-state index in [1.165, 1.54) is 46.7 Å². The number of benzene rings is 3. The number of hydrogen-bond donors (Lipinski definition) is 0. The van der Waals surface area contributed by atoms with Gasteiger partial charge in [-0.2, -0.15) is 4.31 Å². The lowest BCUT2D eigenvalue weighted by molar-refractivity contribution is -0.136. The van der Waals surface area contributed by atoms with Crippen molar-refractivity contribution in [2.24, 2.45) is 0 Å². The van der Waals surface area contributed by atoms with Gasteiger partial charge in [-0.25, -0.2) is 13.2 Å². The molecule has 0 atom stereocenters. The summed E-state index contributed by atoms with van der Waals surface area (Å²) in [5, 5.41) is 0.942. The van der Waals surface area contributed by atoms with Gasteiger partial charge in [0.25, 0.3) is 5.91 Å². The number of halogens is 2. The lowest BCUT2D eigenvalue weighted by atomic mass is 10.1. The van der Waals surface area contributed by atoms with Crippen LogP contribution >= 0.6 is 23.2 Å². The third-order valence-corrected chi connectivity index (χ3v) is 9.38. The maximum Gasteiger partial charge on any atom is 0.340 e. The van der Waals surface area contributed by atoms with Crippen LogP contribution in [-0.2, 0) is 37.4 Å². The molecular weight excluding hydrogens is 623 g/mol. The standard InChI is InChI=1S/C33H28Cl2N2O6S/c1-21-5-4-6-26(17-21)37-22(2)31(33(39)42-3)30(32(37)38)18-27-13-14-28(43-27)20-36(19-23-7-9-24(34)10-8-23)44(40,41)29-15-11-25(35)12-16-29/h4-18H,19-20H2,1-3H3/b30-18+. The summed E-state index contributed by atoms with van der Waals surface area (Å²) in [5.74, 6) is -0.489. The highest BCUT2D eigenvalue weighted by Gasteiger charge is 2.38. The van der Waals surface area contributed by atoms with Gasteiger partial charge in [0.1, 0.15) is 11.5 Å². The molecule has 1 aromatic heterocycles. The normalized spacial score (nSPS) is 14.6. The molecule has 8 nitrogen and oxygen atoms in total. The zero-order chi connectivity index (χ0) is 31.6. The summed E-state index contributed by atoms with van der Waals surface area (Å²) in [5.41, 5.74) is 2.93. The van der Waals surface area contributed by atoms with Crippen molar-refractivity contribution in [3.8, 4) is 0 Å². The molecule has 0 fully saturated rings. The van der Waals surface area contributed by atoms with Crippen molar-refractivity contribution >= 4 is 56.9 Å². The number of methoxy groups -OCH3 is 1. The summed E-state index contributed by atoms with van der Waals surface area (Å²) in [6, 6.07) is 23.4. The molecule has 226 valence electrons. The van der Waals surface area contributed by atoms with Crippen LogP contribution in [0.1, 0.15) is 29.6 Å². The summed E-state index contributed by atoms with van der Waals surface area (Å²) < 4.78 is 39.7. The molecule has 1 aliphatic rings. The molecular formula is C33H28Cl2N2O6S. The summed E-state index contributed by atoms with van der Waals surface area (Å²) in [4.78, 5) is 28.0. The van der Waals surface area contributed by atoms with Crippen molar-refractivity contribution in [3.05, 3.63) is 134 Å². The molecule has 1 aliphatic heterocycles. The minimum atomic E-state index is -3.98. The Balaban J connectivity index is 1.48. The second-order valence-corrected chi connectivity index (χ2v) is 13.0. The third kappa shape index (κ3) is 6.51. The first-order valence-corrected chi connectivity index (χ1v) is 15.7. The van der Waals surface area contributed by atoms with Crippen LogP contribution < -0.4 is 4.90 Å². The number of esters is 1. The lowest BCUT2D eigenvalue weighted by Gasteiger charge is -2.21. The molecule has 0 spiro atoms. The molecule has 2 heterocycles. The summed E-state index contributed by atoms with van der Waals surface area (Å²) >= 11 is 12.0. The first-order chi connectivity index (χ1) is 21.0. The summed E-state index contributed by atoms with van der Waals surface area (Å²) in [7, 11) is -2.73. The van der Waals surface area contributed by atoms with Gasteiger partial charge < -0.3 is 9.15 Å². The van der Waals surface area contributed by atoms with Crippen molar-refractivity contribution in [3.63, 3.8) is 0 Å². The van der Waals surface area contributed by atoms with Gasteiger partial charge in [-0.1, -0.05) is 47.5 Å². The molecule has 0 aliphatic carbocycles. The van der Waals surface area contributed by atoms with Crippen LogP contribution in [0.25, 0.3) is 6.08 Å². The lowest BCUT2D eigenvalue weighted by Crippen LogP contribution is -2.30. The van der Waals surface area contributed by atoms with Gasteiger partial charge in [0.15, 0.2) is 0 Å². The van der Waals surface area contributed by atoms with Gasteiger partial charge in [-0.3, -0.25) is 9.69 Å². The van der Waals surface area contributed by atoms with E-state index in [-0.39, 0.29) is 34.9 Å². The molecule has 0 saturated carbocycles. The number of allylic oxidation sites excluding steroid dienone is 1. The molecule has 0 radical (unpaired) electrons. The van der Waals surface area contributed by atoms with Crippen LogP contribution in [0.15, 0.2) is 111 Å². The number of anilines is 1. The summed E-state index contributed by atoms with van der Waals surface area (Å²) in [6.07, 6.45) is 1.47. The predicted octanol–water partition coefficient (Wildman–Crippen LogP) is 7.16. The molecule has 0 bridgehead atoms. The Kier molecular flexibility index (Phi) is 9.12. The second kappa shape index (κ2) is 12.8. The highest BCUT2D eigenvalue weighted by atomic mass is 35.5. The van der Waals surface area contributed by atoms with Gasteiger partial charge in [0.05, 0.1) is 29.7 Å². The molecule has 11 heteroatoms. The Labute approximate surface area is 265 Å². The van der Waals surface area contributed by atoms with Crippen LogP contribution in [0.2, 0.25) is 10.0 Å². The number of aryl methyl sites for hydroxylation is 1. The number of carbonyl (C=O) groups is 2. The number of hydrogen-bond acceptors (Lipinski definition) is 6. The number of carbonyl (C=O) groups excluding carboxylic acids is 2. The van der Waals surface area contributed by atoms with E-state index in [9.17, 15) is 18.0 Å². The Hall–Kier alpha value is -4.15. The van der Waals surface area contributed by atoms with Crippen LogP contribution in [0.5, 0.6) is 0 Å². The first-order valence-electron chi connectivity index (χ1n) is 13.5. The SMILES string of the molecule is COC(=O)C1=C(C)N(c2cccc(C)c2)C(=O)/C1=C/c1ccc(CN(Cc2ccc(Cl)cc2)S(=O)(=O)c2ccc(Cl)cc2)o1. The van der Waals surface area contributed by atoms with E-state index in [0.717, 1.165) is 11.1 Å². The van der Waals surface area contributed by atoms with Crippen molar-refractivity contribution in [2.45, 2.75) is 31.8 Å². The Morgan fingerprint density at radius 1 is 0.932 bits per heavy atom. The molecule has 4 aromatic rings. The van der Waals surface area contributed by atoms with Gasteiger partial charge >= 0.3 is 5.97 Å². The highest BCUT2D eigenvalue weighted by Crippen LogP contribution is 2.36. The van der Waals surface area contributed by atoms with E-state index in [0.29, 0.717) is 27.2 Å². The van der Waals surface area contributed by atoms with Crippen molar-refractivity contribution in [2.75, 3.05) is 12.0 Å². The maximum atomic E-state index is 13.7. The van der Waals surface area contributed by atoms with E-state index < -0.39 is 21.9 Å². The number of nitrogens with zero attached hydrogens (tertiary/aromatic N) is 2. The molecule has 0 saturated heterocycles. The van der Waals surface area contributed by atoms with E-state index in [1.54, 1.807) is 49.4 Å². The largest absolute Gasteiger partial charge is 0.465 e. The van der Waals surface area contributed by atoms with Gasteiger partial charge in [0, 0.05) is 28.0 Å². The Bertz CT molecular complexity index is 1890. The maximum absolute atomic E-state index is 13.7. The predicted molar refractivity (Wildman–Crippen MR) is 169 cm³/mol.